The molecule has 0 fully saturated rings. The van der Waals surface area contributed by atoms with Crippen molar-refractivity contribution in [3.8, 4) is 0 Å². The molecule has 0 aromatic rings. The van der Waals surface area contributed by atoms with E-state index in [-0.39, 0.29) is 11.9 Å². The van der Waals surface area contributed by atoms with Crippen LogP contribution < -0.4 is 5.73 Å². The van der Waals surface area contributed by atoms with E-state index in [1.807, 2.05) is 6.92 Å². The van der Waals surface area contributed by atoms with Crippen molar-refractivity contribution in [2.24, 2.45) is 5.73 Å². The van der Waals surface area contributed by atoms with Crippen molar-refractivity contribution in [1.82, 2.24) is 4.90 Å². The summed E-state index contributed by atoms with van der Waals surface area (Å²) in [6, 6.07) is -0.341. The van der Waals surface area contributed by atoms with E-state index in [1.54, 1.807) is 11.0 Å². The number of nitrogens with zero attached hydrogens (tertiary/aromatic N) is 1. The van der Waals surface area contributed by atoms with Crippen LogP contribution >= 0.6 is 0 Å². The maximum atomic E-state index is 11.8. The van der Waals surface area contributed by atoms with Gasteiger partial charge in [-0.1, -0.05) is 26.3 Å². The van der Waals surface area contributed by atoms with Crippen LogP contribution in [-0.4, -0.2) is 29.9 Å². The Bertz CT molecular complexity index is 180. The van der Waals surface area contributed by atoms with Gasteiger partial charge >= 0.3 is 0 Å². The molecule has 2 N–H and O–H groups in total. The molecule has 0 aliphatic rings. The van der Waals surface area contributed by atoms with Crippen LogP contribution in [-0.2, 0) is 4.79 Å². The summed E-state index contributed by atoms with van der Waals surface area (Å²) in [5, 5.41) is 0. The molecule has 0 aliphatic carbocycles. The molecule has 0 aliphatic heterocycles. The summed E-state index contributed by atoms with van der Waals surface area (Å²) in [6.45, 7) is 9.09. The molecule has 1 unspecified atom stereocenters. The van der Waals surface area contributed by atoms with Crippen molar-refractivity contribution in [3.63, 3.8) is 0 Å². The molecule has 0 rings (SSSR count). The third kappa shape index (κ3) is 4.42. The van der Waals surface area contributed by atoms with Gasteiger partial charge in [-0.15, -0.1) is 6.58 Å². The van der Waals surface area contributed by atoms with Gasteiger partial charge in [0.2, 0.25) is 5.91 Å². The van der Waals surface area contributed by atoms with Crippen LogP contribution in [0.2, 0.25) is 0 Å². The Morgan fingerprint density at radius 3 is 2.57 bits per heavy atom. The lowest BCUT2D eigenvalue weighted by Crippen LogP contribution is -2.44. The van der Waals surface area contributed by atoms with E-state index in [0.29, 0.717) is 6.54 Å². The van der Waals surface area contributed by atoms with E-state index in [1.165, 1.54) is 0 Å². The number of carbonyl (C=O) groups excluding carboxylic acids is 1. The number of hydrogen-bond acceptors (Lipinski definition) is 2. The van der Waals surface area contributed by atoms with Crippen molar-refractivity contribution >= 4 is 5.91 Å². The minimum Gasteiger partial charge on any atom is -0.338 e. The summed E-state index contributed by atoms with van der Waals surface area (Å²) in [4.78, 5) is 13.5. The zero-order chi connectivity index (χ0) is 11.0. The first-order chi connectivity index (χ1) is 6.67. The van der Waals surface area contributed by atoms with Gasteiger partial charge in [-0.25, -0.2) is 0 Å². The molecule has 0 bridgehead atoms. The van der Waals surface area contributed by atoms with Gasteiger partial charge in [0.15, 0.2) is 0 Å². The van der Waals surface area contributed by atoms with E-state index < -0.39 is 0 Å². The molecule has 14 heavy (non-hydrogen) atoms. The first-order valence-electron chi connectivity index (χ1n) is 5.32. The summed E-state index contributed by atoms with van der Waals surface area (Å²) in [5.41, 5.74) is 5.76. The van der Waals surface area contributed by atoms with Gasteiger partial charge < -0.3 is 10.6 Å². The normalized spacial score (nSPS) is 12.2. The average Bonchev–Trinajstić information content (AvgIpc) is 2.17. The minimum absolute atomic E-state index is 0.0496. The highest BCUT2D eigenvalue weighted by molar-refractivity contribution is 5.81. The third-order valence-corrected chi connectivity index (χ3v) is 2.07. The predicted molar refractivity (Wildman–Crippen MR) is 60.0 cm³/mol. The molecule has 0 heterocycles. The highest BCUT2D eigenvalue weighted by Gasteiger charge is 2.18. The van der Waals surface area contributed by atoms with E-state index >= 15 is 0 Å². The lowest BCUT2D eigenvalue weighted by molar-refractivity contribution is -0.132. The Morgan fingerprint density at radius 1 is 1.50 bits per heavy atom. The Labute approximate surface area is 87.0 Å². The fourth-order valence-corrected chi connectivity index (χ4v) is 1.39. The Kier molecular flexibility index (Phi) is 7.11. The topological polar surface area (TPSA) is 46.3 Å². The molecule has 1 amide bonds. The minimum atomic E-state index is -0.341. The molecule has 1 atom stereocenters. The molecule has 82 valence electrons. The quantitative estimate of drug-likeness (QED) is 0.631. The maximum Gasteiger partial charge on any atom is 0.239 e. The molecule has 0 saturated heterocycles. The molecule has 0 saturated carbocycles. The molecule has 0 spiro atoms. The van der Waals surface area contributed by atoms with Gasteiger partial charge in [0.25, 0.3) is 0 Å². The predicted octanol–water partition coefficient (Wildman–Crippen LogP) is 1.54. The lowest BCUT2D eigenvalue weighted by atomic mass is 10.1. The summed E-state index contributed by atoms with van der Waals surface area (Å²) >= 11 is 0. The highest BCUT2D eigenvalue weighted by atomic mass is 16.2. The summed E-state index contributed by atoms with van der Waals surface area (Å²) in [6.07, 6.45) is 4.40. The van der Waals surface area contributed by atoms with Crippen molar-refractivity contribution in [3.05, 3.63) is 12.7 Å². The van der Waals surface area contributed by atoms with Gasteiger partial charge in [-0.2, -0.15) is 0 Å². The van der Waals surface area contributed by atoms with Gasteiger partial charge in [0.1, 0.15) is 0 Å². The van der Waals surface area contributed by atoms with Crippen molar-refractivity contribution in [2.75, 3.05) is 13.1 Å². The van der Waals surface area contributed by atoms with Gasteiger partial charge in [-0.3, -0.25) is 4.79 Å². The number of carbonyl (C=O) groups is 1. The smallest absolute Gasteiger partial charge is 0.239 e. The standard InChI is InChI=1S/C11H22N2O/c1-4-7-10(12)11(14)13(8-5-2)9-6-3/h5,10H,2,4,6-9,12H2,1,3H3. The van der Waals surface area contributed by atoms with Crippen LogP contribution in [0.25, 0.3) is 0 Å². The molecule has 0 radical (unpaired) electrons. The van der Waals surface area contributed by atoms with Gasteiger partial charge in [0, 0.05) is 13.1 Å². The molecule has 3 nitrogen and oxygen atoms in total. The second-order valence-corrected chi connectivity index (χ2v) is 3.47. The summed E-state index contributed by atoms with van der Waals surface area (Å²) < 4.78 is 0. The van der Waals surface area contributed by atoms with E-state index in [9.17, 15) is 4.79 Å². The second-order valence-electron chi connectivity index (χ2n) is 3.47. The van der Waals surface area contributed by atoms with Crippen LogP contribution in [0.5, 0.6) is 0 Å². The first kappa shape index (κ1) is 13.2. The number of nitrogens with two attached hydrogens (primary N) is 1. The van der Waals surface area contributed by atoms with Crippen LogP contribution in [0, 0.1) is 0 Å². The van der Waals surface area contributed by atoms with Crippen molar-refractivity contribution < 1.29 is 4.79 Å². The monoisotopic (exact) mass is 198 g/mol. The zero-order valence-electron chi connectivity index (χ0n) is 9.33. The van der Waals surface area contributed by atoms with Crippen molar-refractivity contribution in [1.29, 1.82) is 0 Å². The lowest BCUT2D eigenvalue weighted by Gasteiger charge is -2.23. The summed E-state index contributed by atoms with van der Waals surface area (Å²) in [7, 11) is 0. The Balaban J connectivity index is 4.18. The van der Waals surface area contributed by atoms with Crippen LogP contribution in [0.15, 0.2) is 12.7 Å². The molecule has 0 aromatic heterocycles. The SMILES string of the molecule is C=CCN(CCC)C(=O)C(N)CCC. The zero-order valence-corrected chi connectivity index (χ0v) is 9.33. The third-order valence-electron chi connectivity index (χ3n) is 2.07. The van der Waals surface area contributed by atoms with Crippen molar-refractivity contribution in [2.45, 2.75) is 39.2 Å². The first-order valence-corrected chi connectivity index (χ1v) is 5.32. The fourth-order valence-electron chi connectivity index (χ4n) is 1.39. The van der Waals surface area contributed by atoms with Crippen LogP contribution in [0.3, 0.4) is 0 Å². The van der Waals surface area contributed by atoms with Gasteiger partial charge in [-0.05, 0) is 12.8 Å². The number of amides is 1. The fraction of sp³-hybridized carbons (Fsp3) is 0.727. The second kappa shape index (κ2) is 7.56. The highest BCUT2D eigenvalue weighted by Crippen LogP contribution is 2.01. The molecular weight excluding hydrogens is 176 g/mol. The molecule has 0 aromatic carbocycles. The van der Waals surface area contributed by atoms with E-state index in [0.717, 1.165) is 25.8 Å². The van der Waals surface area contributed by atoms with Gasteiger partial charge in [0.05, 0.1) is 6.04 Å². The maximum absolute atomic E-state index is 11.8. The number of rotatable bonds is 7. The van der Waals surface area contributed by atoms with Crippen LogP contribution in [0.4, 0.5) is 0 Å². The Hall–Kier alpha value is -0.830. The molecular formula is C11H22N2O. The molecule has 3 heteroatoms. The Morgan fingerprint density at radius 2 is 2.14 bits per heavy atom. The van der Waals surface area contributed by atoms with E-state index in [4.69, 9.17) is 5.73 Å². The average molecular weight is 198 g/mol. The number of hydrogen-bond donors (Lipinski definition) is 1. The largest absolute Gasteiger partial charge is 0.338 e. The van der Waals surface area contributed by atoms with E-state index in [2.05, 4.69) is 13.5 Å². The van der Waals surface area contributed by atoms with Crippen LogP contribution in [0.1, 0.15) is 33.1 Å². The summed E-state index contributed by atoms with van der Waals surface area (Å²) in [5.74, 6) is 0.0496.